The molecule has 1 aromatic carbocycles. The van der Waals surface area contributed by atoms with Gasteiger partial charge in [0.2, 0.25) is 0 Å². The zero-order valence-corrected chi connectivity index (χ0v) is 17.1. The highest BCUT2D eigenvalue weighted by atomic mass is 19.4. The molecule has 9 heteroatoms. The molecule has 6 nitrogen and oxygen atoms in total. The number of ether oxygens (including phenoxy) is 2. The number of halogens is 3. The van der Waals surface area contributed by atoms with E-state index in [2.05, 4.69) is 27.4 Å². The summed E-state index contributed by atoms with van der Waals surface area (Å²) in [5.41, 5.74) is 1.61. The lowest BCUT2D eigenvalue weighted by Crippen LogP contribution is -2.49. The number of aliphatic imine (C=N–C) groups is 1. The van der Waals surface area contributed by atoms with Crippen LogP contribution in [0.25, 0.3) is 0 Å². The molecule has 1 saturated heterocycles. The molecule has 0 amide bonds. The van der Waals surface area contributed by atoms with E-state index in [0.29, 0.717) is 24.1 Å². The normalized spacial score (nSPS) is 17.2. The molecule has 0 saturated carbocycles. The minimum absolute atomic E-state index is 0.0769. The number of nitrogens with zero attached hydrogens (tertiary/aromatic N) is 2. The van der Waals surface area contributed by atoms with Crippen molar-refractivity contribution in [3.8, 4) is 0 Å². The minimum atomic E-state index is -4.31. The largest absolute Gasteiger partial charge is 0.411 e. The Bertz CT molecular complexity index is 634. The summed E-state index contributed by atoms with van der Waals surface area (Å²) in [7, 11) is 0. The van der Waals surface area contributed by atoms with Crippen LogP contribution in [0.3, 0.4) is 0 Å². The van der Waals surface area contributed by atoms with Crippen LogP contribution in [0.15, 0.2) is 29.3 Å². The van der Waals surface area contributed by atoms with E-state index in [1.54, 1.807) is 12.1 Å². The third-order valence-corrected chi connectivity index (χ3v) is 4.52. The molecule has 0 aromatic heterocycles. The van der Waals surface area contributed by atoms with Crippen molar-refractivity contribution < 1.29 is 22.6 Å². The van der Waals surface area contributed by atoms with Crippen molar-refractivity contribution >= 4 is 5.96 Å². The van der Waals surface area contributed by atoms with Gasteiger partial charge in [0.05, 0.1) is 26.4 Å². The average molecular weight is 416 g/mol. The third-order valence-electron chi connectivity index (χ3n) is 4.52. The molecule has 0 radical (unpaired) electrons. The van der Waals surface area contributed by atoms with Crippen molar-refractivity contribution in [3.63, 3.8) is 0 Å². The molecule has 1 heterocycles. The van der Waals surface area contributed by atoms with Crippen LogP contribution in [0, 0.1) is 0 Å². The van der Waals surface area contributed by atoms with Crippen molar-refractivity contribution in [1.29, 1.82) is 0 Å². The highest BCUT2D eigenvalue weighted by molar-refractivity contribution is 5.79. The number of morpholine rings is 1. The number of benzene rings is 1. The summed E-state index contributed by atoms with van der Waals surface area (Å²) >= 11 is 0. The number of guanidine groups is 1. The molecule has 164 valence electrons. The van der Waals surface area contributed by atoms with Gasteiger partial charge in [-0.15, -0.1) is 0 Å². The zero-order valence-electron chi connectivity index (χ0n) is 17.1. The summed E-state index contributed by atoms with van der Waals surface area (Å²) < 4.78 is 46.7. The predicted molar refractivity (Wildman–Crippen MR) is 107 cm³/mol. The second-order valence-corrected chi connectivity index (χ2v) is 7.00. The lowest BCUT2D eigenvalue weighted by Gasteiger charge is -2.32. The Balaban J connectivity index is 1.86. The number of nitrogens with one attached hydrogen (secondary N) is 2. The molecule has 0 aliphatic carbocycles. The van der Waals surface area contributed by atoms with Gasteiger partial charge >= 0.3 is 6.18 Å². The molecular formula is C20H31F3N4O2. The Kier molecular flexibility index (Phi) is 9.69. The Morgan fingerprint density at radius 2 is 1.97 bits per heavy atom. The van der Waals surface area contributed by atoms with Gasteiger partial charge in [0.15, 0.2) is 5.96 Å². The van der Waals surface area contributed by atoms with E-state index in [0.717, 1.165) is 45.0 Å². The van der Waals surface area contributed by atoms with Crippen LogP contribution < -0.4 is 10.6 Å². The monoisotopic (exact) mass is 416 g/mol. The minimum Gasteiger partial charge on any atom is -0.379 e. The van der Waals surface area contributed by atoms with Crippen LogP contribution in [0.1, 0.15) is 25.0 Å². The van der Waals surface area contributed by atoms with E-state index in [1.165, 1.54) is 0 Å². The first kappa shape index (κ1) is 23.4. The third kappa shape index (κ3) is 9.47. The molecule has 1 fully saturated rings. The molecule has 2 rings (SSSR count). The van der Waals surface area contributed by atoms with Crippen LogP contribution in [-0.4, -0.2) is 69.1 Å². The van der Waals surface area contributed by atoms with E-state index in [4.69, 9.17) is 9.47 Å². The fourth-order valence-electron chi connectivity index (χ4n) is 3.01. The molecule has 1 unspecified atom stereocenters. The number of hydrogen-bond donors (Lipinski definition) is 2. The van der Waals surface area contributed by atoms with Gasteiger partial charge in [-0.3, -0.25) is 4.90 Å². The first-order valence-corrected chi connectivity index (χ1v) is 9.93. The van der Waals surface area contributed by atoms with Gasteiger partial charge in [-0.05, 0) is 25.0 Å². The van der Waals surface area contributed by atoms with Crippen molar-refractivity contribution in [2.24, 2.45) is 4.99 Å². The molecular weight excluding hydrogens is 385 g/mol. The van der Waals surface area contributed by atoms with Crippen LogP contribution in [0.4, 0.5) is 13.2 Å². The molecule has 29 heavy (non-hydrogen) atoms. The zero-order chi connectivity index (χ0) is 21.1. The van der Waals surface area contributed by atoms with E-state index in [9.17, 15) is 13.2 Å². The Labute approximate surface area is 170 Å². The summed E-state index contributed by atoms with van der Waals surface area (Å²) in [5.74, 6) is 0.714. The van der Waals surface area contributed by atoms with Crippen molar-refractivity contribution in [3.05, 3.63) is 35.4 Å². The quantitative estimate of drug-likeness (QED) is 0.479. The highest BCUT2D eigenvalue weighted by Gasteiger charge is 2.27. The summed E-state index contributed by atoms with van der Waals surface area (Å²) in [6, 6.07) is 7.63. The van der Waals surface area contributed by atoms with Crippen molar-refractivity contribution in [2.75, 3.05) is 46.0 Å². The molecule has 2 N–H and O–H groups in total. The maximum atomic E-state index is 12.2. The standard InChI is InChI=1S/C20H31F3N4O2/c1-3-24-19(25-12-16(2)27-7-9-28-10-8-27)26-13-17-5-4-6-18(11-17)14-29-15-20(21,22)23/h4-6,11,16H,3,7-10,12-15H2,1-2H3,(H2,24,25,26). The van der Waals surface area contributed by atoms with Crippen molar-refractivity contribution in [1.82, 2.24) is 15.5 Å². The summed E-state index contributed by atoms with van der Waals surface area (Å²) in [6.07, 6.45) is -4.31. The van der Waals surface area contributed by atoms with E-state index < -0.39 is 12.8 Å². The predicted octanol–water partition coefficient (Wildman–Crippen LogP) is 2.54. The van der Waals surface area contributed by atoms with Gasteiger partial charge < -0.3 is 20.1 Å². The maximum Gasteiger partial charge on any atom is 0.411 e. The molecule has 1 aliphatic heterocycles. The second kappa shape index (κ2) is 12.0. The van der Waals surface area contributed by atoms with E-state index in [-0.39, 0.29) is 6.61 Å². The van der Waals surface area contributed by atoms with Crippen LogP contribution in [0.2, 0.25) is 0 Å². The Hall–Kier alpha value is -1.84. The lowest BCUT2D eigenvalue weighted by atomic mass is 10.1. The Morgan fingerprint density at radius 1 is 1.24 bits per heavy atom. The molecule has 1 aromatic rings. The summed E-state index contributed by atoms with van der Waals surface area (Å²) in [6.45, 7) is 8.17. The number of alkyl halides is 3. The molecule has 1 aliphatic rings. The van der Waals surface area contributed by atoms with E-state index >= 15 is 0 Å². The molecule has 1 atom stereocenters. The van der Waals surface area contributed by atoms with Gasteiger partial charge in [0.1, 0.15) is 6.61 Å². The van der Waals surface area contributed by atoms with Gasteiger partial charge in [-0.2, -0.15) is 13.2 Å². The van der Waals surface area contributed by atoms with Crippen LogP contribution in [-0.2, 0) is 22.6 Å². The topological polar surface area (TPSA) is 58.1 Å². The molecule has 0 spiro atoms. The second-order valence-electron chi connectivity index (χ2n) is 7.00. The lowest BCUT2D eigenvalue weighted by molar-refractivity contribution is -0.176. The molecule has 0 bridgehead atoms. The fraction of sp³-hybridized carbons (Fsp3) is 0.650. The average Bonchev–Trinajstić information content (AvgIpc) is 2.70. The van der Waals surface area contributed by atoms with Gasteiger partial charge in [-0.1, -0.05) is 24.3 Å². The smallest absolute Gasteiger partial charge is 0.379 e. The SMILES string of the molecule is CCNC(=NCc1cccc(COCC(F)(F)F)c1)NCC(C)N1CCOCC1. The number of rotatable bonds is 9. The first-order chi connectivity index (χ1) is 13.9. The van der Waals surface area contributed by atoms with Gasteiger partial charge in [0, 0.05) is 32.2 Å². The maximum absolute atomic E-state index is 12.2. The van der Waals surface area contributed by atoms with E-state index in [1.807, 2.05) is 19.1 Å². The first-order valence-electron chi connectivity index (χ1n) is 9.93. The van der Waals surface area contributed by atoms with Crippen LogP contribution >= 0.6 is 0 Å². The van der Waals surface area contributed by atoms with Crippen molar-refractivity contribution in [2.45, 2.75) is 39.2 Å². The number of hydrogen-bond acceptors (Lipinski definition) is 4. The van der Waals surface area contributed by atoms with Crippen LogP contribution in [0.5, 0.6) is 0 Å². The summed E-state index contributed by atoms with van der Waals surface area (Å²) in [4.78, 5) is 6.97. The fourth-order valence-corrected chi connectivity index (χ4v) is 3.01. The van der Waals surface area contributed by atoms with Gasteiger partial charge in [0.25, 0.3) is 0 Å². The highest BCUT2D eigenvalue weighted by Crippen LogP contribution is 2.16. The summed E-state index contributed by atoms with van der Waals surface area (Å²) in [5, 5.41) is 6.58. The Morgan fingerprint density at radius 3 is 2.66 bits per heavy atom. The van der Waals surface area contributed by atoms with Gasteiger partial charge in [-0.25, -0.2) is 4.99 Å².